The predicted octanol–water partition coefficient (Wildman–Crippen LogP) is -0.0573. The van der Waals surface area contributed by atoms with Gasteiger partial charge < -0.3 is 5.11 Å². The molecule has 0 amide bonds. The Kier molecular flexibility index (Phi) is 2.51. The number of hydrogen-bond acceptors (Lipinski definition) is 6. The lowest BCUT2D eigenvalue weighted by molar-refractivity contribution is 0.171. The Balaban J connectivity index is 2.06. The van der Waals surface area contributed by atoms with Crippen molar-refractivity contribution >= 4 is 11.5 Å². The molecule has 0 fully saturated rings. The molecule has 2 rings (SSSR count). The van der Waals surface area contributed by atoms with Crippen molar-refractivity contribution < 1.29 is 5.11 Å². The molecule has 0 aliphatic heterocycles. The Hall–Kier alpha value is -1.34. The lowest BCUT2D eigenvalue weighted by atomic mass is 10.2. The first-order valence-corrected chi connectivity index (χ1v) is 4.89. The summed E-state index contributed by atoms with van der Waals surface area (Å²) in [4.78, 5) is 1.41. The summed E-state index contributed by atoms with van der Waals surface area (Å²) in [6, 6.07) is 0. The molecule has 2 aromatic rings. The van der Waals surface area contributed by atoms with E-state index in [2.05, 4.69) is 19.8 Å². The highest BCUT2D eigenvalue weighted by Crippen LogP contribution is 2.14. The summed E-state index contributed by atoms with van der Waals surface area (Å²) in [6.45, 7) is 0. The number of aliphatic hydroxyl groups excluding tert-OH is 1. The molecule has 0 saturated heterocycles. The molecule has 0 aliphatic carbocycles. The third kappa shape index (κ3) is 1.94. The number of aromatic nitrogens is 5. The van der Waals surface area contributed by atoms with E-state index in [9.17, 15) is 5.11 Å². The zero-order valence-corrected chi connectivity index (χ0v) is 8.35. The van der Waals surface area contributed by atoms with Crippen molar-refractivity contribution in [1.29, 1.82) is 0 Å². The van der Waals surface area contributed by atoms with Gasteiger partial charge in [-0.2, -0.15) is 15.0 Å². The summed E-state index contributed by atoms with van der Waals surface area (Å²) in [5, 5.41) is 23.3. The lowest BCUT2D eigenvalue weighted by Gasteiger charge is -2.02. The van der Waals surface area contributed by atoms with E-state index < -0.39 is 6.10 Å². The predicted molar refractivity (Wildman–Crippen MR) is 49.6 cm³/mol. The van der Waals surface area contributed by atoms with Crippen LogP contribution in [0.1, 0.15) is 17.5 Å². The minimum Gasteiger partial charge on any atom is -0.386 e. The van der Waals surface area contributed by atoms with Crippen LogP contribution in [0.4, 0.5) is 0 Å². The first kappa shape index (κ1) is 9.22. The highest BCUT2D eigenvalue weighted by Gasteiger charge is 2.13. The summed E-state index contributed by atoms with van der Waals surface area (Å²) in [7, 11) is 1.71. The Bertz CT molecular complexity index is 398. The summed E-state index contributed by atoms with van der Waals surface area (Å²) in [5.74, 6) is 0. The number of rotatable bonds is 3. The van der Waals surface area contributed by atoms with Gasteiger partial charge >= 0.3 is 0 Å². The van der Waals surface area contributed by atoms with Crippen molar-refractivity contribution in [2.24, 2.45) is 7.05 Å². The van der Waals surface area contributed by atoms with Crippen molar-refractivity contribution in [3.63, 3.8) is 0 Å². The summed E-state index contributed by atoms with van der Waals surface area (Å²) in [5.41, 5.74) is 1.33. The monoisotopic (exact) mass is 211 g/mol. The van der Waals surface area contributed by atoms with Gasteiger partial charge in [-0.3, -0.25) is 0 Å². The van der Waals surface area contributed by atoms with Gasteiger partial charge in [0.15, 0.2) is 0 Å². The van der Waals surface area contributed by atoms with Crippen LogP contribution in [-0.4, -0.2) is 29.7 Å². The average Bonchev–Trinajstić information content (AvgIpc) is 2.75. The highest BCUT2D eigenvalue weighted by atomic mass is 32.1. The van der Waals surface area contributed by atoms with E-state index in [-0.39, 0.29) is 0 Å². The van der Waals surface area contributed by atoms with Crippen LogP contribution >= 0.6 is 11.5 Å². The smallest absolute Gasteiger partial charge is 0.112 e. The quantitative estimate of drug-likeness (QED) is 0.769. The fourth-order valence-corrected chi connectivity index (χ4v) is 1.55. The van der Waals surface area contributed by atoms with E-state index in [1.165, 1.54) is 16.3 Å². The molecule has 0 radical (unpaired) electrons. The molecule has 0 aliphatic rings. The SMILES string of the molecule is Cn1ncc(C(O)Cc2csnn2)n1. The molecule has 1 atom stereocenters. The zero-order chi connectivity index (χ0) is 9.97. The van der Waals surface area contributed by atoms with E-state index >= 15 is 0 Å². The van der Waals surface area contributed by atoms with Crippen molar-refractivity contribution in [3.8, 4) is 0 Å². The summed E-state index contributed by atoms with van der Waals surface area (Å²) in [6.07, 6.45) is 1.31. The minimum atomic E-state index is -0.660. The van der Waals surface area contributed by atoms with Gasteiger partial charge in [-0.15, -0.1) is 5.10 Å². The molecule has 14 heavy (non-hydrogen) atoms. The molecule has 0 bridgehead atoms. The fraction of sp³-hybridized carbons (Fsp3) is 0.429. The van der Waals surface area contributed by atoms with Gasteiger partial charge in [0.1, 0.15) is 11.8 Å². The fourth-order valence-electron chi connectivity index (χ4n) is 1.09. The van der Waals surface area contributed by atoms with Crippen LogP contribution < -0.4 is 0 Å². The third-order valence-corrected chi connectivity index (χ3v) is 2.32. The third-order valence-electron chi connectivity index (χ3n) is 1.77. The summed E-state index contributed by atoms with van der Waals surface area (Å²) >= 11 is 1.27. The van der Waals surface area contributed by atoms with E-state index in [1.807, 2.05) is 0 Å². The maximum absolute atomic E-state index is 9.73. The Labute approximate surface area is 84.4 Å². The summed E-state index contributed by atoms with van der Waals surface area (Å²) < 4.78 is 3.71. The number of hydrogen-bond donors (Lipinski definition) is 1. The van der Waals surface area contributed by atoms with Gasteiger partial charge in [-0.25, -0.2) is 0 Å². The lowest BCUT2D eigenvalue weighted by Crippen LogP contribution is -2.04. The van der Waals surface area contributed by atoms with Gasteiger partial charge in [0.25, 0.3) is 0 Å². The Morgan fingerprint density at radius 2 is 2.50 bits per heavy atom. The first-order chi connectivity index (χ1) is 6.75. The molecule has 0 saturated carbocycles. The first-order valence-electron chi connectivity index (χ1n) is 4.06. The van der Waals surface area contributed by atoms with Gasteiger partial charge in [-0.1, -0.05) is 4.49 Å². The molecule has 1 unspecified atom stereocenters. The second kappa shape index (κ2) is 3.81. The van der Waals surface area contributed by atoms with Crippen molar-refractivity contribution in [2.45, 2.75) is 12.5 Å². The highest BCUT2D eigenvalue weighted by molar-refractivity contribution is 7.03. The second-order valence-electron chi connectivity index (χ2n) is 2.88. The Morgan fingerprint density at radius 3 is 3.07 bits per heavy atom. The van der Waals surface area contributed by atoms with Crippen LogP contribution in [0.5, 0.6) is 0 Å². The molecule has 0 spiro atoms. The molecule has 74 valence electrons. The number of aryl methyl sites for hydroxylation is 1. The number of aliphatic hydroxyl groups is 1. The molecule has 6 nitrogen and oxygen atoms in total. The van der Waals surface area contributed by atoms with Crippen LogP contribution in [0, 0.1) is 0 Å². The van der Waals surface area contributed by atoms with E-state index in [0.29, 0.717) is 12.1 Å². The molecule has 1 N–H and O–H groups in total. The van der Waals surface area contributed by atoms with Gasteiger partial charge in [0, 0.05) is 18.8 Å². The van der Waals surface area contributed by atoms with Crippen LogP contribution in [0.2, 0.25) is 0 Å². The van der Waals surface area contributed by atoms with Gasteiger partial charge in [-0.05, 0) is 11.5 Å². The minimum absolute atomic E-state index is 0.426. The second-order valence-corrected chi connectivity index (χ2v) is 3.48. The topological polar surface area (TPSA) is 76.7 Å². The molecular formula is C7H9N5OS. The van der Waals surface area contributed by atoms with Crippen LogP contribution in [0.25, 0.3) is 0 Å². The van der Waals surface area contributed by atoms with Crippen molar-refractivity contribution in [1.82, 2.24) is 24.6 Å². The zero-order valence-electron chi connectivity index (χ0n) is 7.53. The molecule has 2 aromatic heterocycles. The largest absolute Gasteiger partial charge is 0.386 e. The standard InChI is InChI=1S/C7H9N5OS/c1-12-8-3-6(10-12)7(13)2-5-4-14-11-9-5/h3-4,7,13H,2H2,1H3. The Morgan fingerprint density at radius 1 is 1.64 bits per heavy atom. The van der Waals surface area contributed by atoms with Crippen LogP contribution in [0.3, 0.4) is 0 Å². The average molecular weight is 211 g/mol. The molecule has 7 heteroatoms. The molecule has 0 aromatic carbocycles. The van der Waals surface area contributed by atoms with Gasteiger partial charge in [0.05, 0.1) is 11.9 Å². The normalized spacial score (nSPS) is 13.0. The molecule has 2 heterocycles. The van der Waals surface area contributed by atoms with E-state index in [0.717, 1.165) is 5.69 Å². The van der Waals surface area contributed by atoms with Gasteiger partial charge in [0.2, 0.25) is 0 Å². The molecular weight excluding hydrogens is 202 g/mol. The number of nitrogens with zero attached hydrogens (tertiary/aromatic N) is 5. The van der Waals surface area contributed by atoms with Crippen molar-refractivity contribution in [3.05, 3.63) is 23.0 Å². The van der Waals surface area contributed by atoms with E-state index in [4.69, 9.17) is 0 Å². The maximum Gasteiger partial charge on any atom is 0.112 e. The maximum atomic E-state index is 9.73. The van der Waals surface area contributed by atoms with Crippen LogP contribution in [-0.2, 0) is 13.5 Å². The van der Waals surface area contributed by atoms with E-state index in [1.54, 1.807) is 18.6 Å². The van der Waals surface area contributed by atoms with Crippen LogP contribution in [0.15, 0.2) is 11.6 Å². The van der Waals surface area contributed by atoms with Crippen molar-refractivity contribution in [2.75, 3.05) is 0 Å².